The second-order valence-corrected chi connectivity index (χ2v) is 10.2. The zero-order chi connectivity index (χ0) is 20.1. The van der Waals surface area contributed by atoms with Crippen molar-refractivity contribution in [2.45, 2.75) is 46.0 Å². The number of para-hydroxylation sites is 1. The fraction of sp³-hybridized carbons (Fsp3) is 0.650. The van der Waals surface area contributed by atoms with Crippen LogP contribution in [0, 0.1) is 5.92 Å². The summed E-state index contributed by atoms with van der Waals surface area (Å²) < 4.78 is 31.4. The first-order valence-corrected chi connectivity index (χ1v) is 11.2. The summed E-state index contributed by atoms with van der Waals surface area (Å²) in [6.07, 6.45) is 1.43. The van der Waals surface area contributed by atoms with Crippen LogP contribution in [-0.2, 0) is 20.2 Å². The Bertz CT molecular complexity index is 741. The average Bonchev–Trinajstić information content (AvgIpc) is 2.64. The van der Waals surface area contributed by atoms with E-state index in [4.69, 9.17) is 4.74 Å². The molecule has 1 atom stereocenters. The van der Waals surface area contributed by atoms with E-state index in [-0.39, 0.29) is 29.5 Å². The Kier molecular flexibility index (Phi) is 7.28. The van der Waals surface area contributed by atoms with Gasteiger partial charge in [-0.05, 0) is 36.8 Å². The topological polar surface area (TPSA) is 75.7 Å². The van der Waals surface area contributed by atoms with Crippen LogP contribution in [0.3, 0.4) is 0 Å². The van der Waals surface area contributed by atoms with E-state index in [0.29, 0.717) is 26.1 Å². The predicted octanol–water partition coefficient (Wildman–Crippen LogP) is 2.54. The minimum absolute atomic E-state index is 0.0177. The molecule has 2 rings (SSSR count). The van der Waals surface area contributed by atoms with Gasteiger partial charge in [0.15, 0.2) is 0 Å². The molecule has 1 fully saturated rings. The molecule has 1 heterocycles. The molecular weight excluding hydrogens is 364 g/mol. The highest BCUT2D eigenvalue weighted by Crippen LogP contribution is 2.30. The first-order chi connectivity index (χ1) is 12.6. The minimum Gasteiger partial charge on any atom is -0.491 e. The molecule has 0 radical (unpaired) electrons. The third-order valence-corrected chi connectivity index (χ3v) is 6.72. The van der Waals surface area contributed by atoms with Crippen molar-refractivity contribution in [3.05, 3.63) is 29.8 Å². The number of carbonyl (C=O) groups excluding carboxylic acids is 1. The standard InChI is InChI=1S/C20H32N2O4S/c1-5-27(24,25)22-13-8-9-16(15-22)19(23)21-12-14-26-18-11-7-6-10-17(18)20(2,3)4/h6-7,10-11,16H,5,8-9,12-15H2,1-4H3,(H,21,23)/t16-/m0/s1. The normalized spacial score (nSPS) is 18.9. The summed E-state index contributed by atoms with van der Waals surface area (Å²) in [5.41, 5.74) is 1.11. The van der Waals surface area contributed by atoms with Crippen molar-refractivity contribution in [2.75, 3.05) is 32.0 Å². The summed E-state index contributed by atoms with van der Waals surface area (Å²) in [5.74, 6) is 0.514. The van der Waals surface area contributed by atoms with Gasteiger partial charge in [-0.2, -0.15) is 0 Å². The van der Waals surface area contributed by atoms with Crippen molar-refractivity contribution < 1.29 is 17.9 Å². The van der Waals surface area contributed by atoms with Gasteiger partial charge in [-0.25, -0.2) is 12.7 Å². The number of benzene rings is 1. The highest BCUT2D eigenvalue weighted by Gasteiger charge is 2.31. The average molecular weight is 397 g/mol. The van der Waals surface area contributed by atoms with Gasteiger partial charge in [-0.3, -0.25) is 4.79 Å². The quantitative estimate of drug-likeness (QED) is 0.719. The first kappa shape index (κ1) is 21.7. The molecule has 0 unspecified atom stereocenters. The van der Waals surface area contributed by atoms with Crippen molar-refractivity contribution >= 4 is 15.9 Å². The smallest absolute Gasteiger partial charge is 0.224 e. The fourth-order valence-corrected chi connectivity index (χ4v) is 4.46. The number of amides is 1. The number of ether oxygens (including phenoxy) is 1. The molecule has 1 aliphatic heterocycles. The van der Waals surface area contributed by atoms with Crippen LogP contribution < -0.4 is 10.1 Å². The molecular formula is C20H32N2O4S. The van der Waals surface area contributed by atoms with E-state index in [9.17, 15) is 13.2 Å². The van der Waals surface area contributed by atoms with Crippen molar-refractivity contribution in [1.82, 2.24) is 9.62 Å². The van der Waals surface area contributed by atoms with Crippen molar-refractivity contribution in [2.24, 2.45) is 5.92 Å². The Hall–Kier alpha value is -1.60. The highest BCUT2D eigenvalue weighted by molar-refractivity contribution is 7.89. The van der Waals surface area contributed by atoms with E-state index in [2.05, 4.69) is 32.2 Å². The van der Waals surface area contributed by atoms with E-state index in [1.54, 1.807) is 6.92 Å². The lowest BCUT2D eigenvalue weighted by molar-refractivity contribution is -0.126. The van der Waals surface area contributed by atoms with Gasteiger partial charge < -0.3 is 10.1 Å². The molecule has 6 nitrogen and oxygen atoms in total. The third-order valence-electron chi connectivity index (χ3n) is 4.87. The maximum atomic E-state index is 12.4. The second-order valence-electron chi connectivity index (χ2n) is 7.98. The van der Waals surface area contributed by atoms with E-state index in [0.717, 1.165) is 17.7 Å². The minimum atomic E-state index is -3.24. The molecule has 7 heteroatoms. The molecule has 1 aliphatic rings. The number of nitrogens with one attached hydrogen (secondary N) is 1. The molecule has 0 bridgehead atoms. The number of rotatable bonds is 7. The lowest BCUT2D eigenvalue weighted by Crippen LogP contribution is -2.46. The largest absolute Gasteiger partial charge is 0.491 e. The van der Waals surface area contributed by atoms with Crippen molar-refractivity contribution in [3.63, 3.8) is 0 Å². The van der Waals surface area contributed by atoms with Gasteiger partial charge in [-0.15, -0.1) is 0 Å². The van der Waals surface area contributed by atoms with E-state index in [1.165, 1.54) is 4.31 Å². The van der Waals surface area contributed by atoms with E-state index < -0.39 is 10.0 Å². The number of nitrogens with zero attached hydrogens (tertiary/aromatic N) is 1. The number of hydrogen-bond donors (Lipinski definition) is 1. The second kappa shape index (κ2) is 9.06. The SMILES string of the molecule is CCS(=O)(=O)N1CCC[C@H](C(=O)NCCOc2ccccc2C(C)(C)C)C1. The van der Waals surface area contributed by atoms with Crippen LogP contribution in [-0.4, -0.2) is 50.6 Å². The number of hydrogen-bond acceptors (Lipinski definition) is 4. The lowest BCUT2D eigenvalue weighted by atomic mass is 9.86. The highest BCUT2D eigenvalue weighted by atomic mass is 32.2. The van der Waals surface area contributed by atoms with Gasteiger partial charge in [0.2, 0.25) is 15.9 Å². The van der Waals surface area contributed by atoms with Crippen molar-refractivity contribution in [3.8, 4) is 5.75 Å². The van der Waals surface area contributed by atoms with Gasteiger partial charge in [0.1, 0.15) is 12.4 Å². The lowest BCUT2D eigenvalue weighted by Gasteiger charge is -2.30. The van der Waals surface area contributed by atoms with Crippen LogP contribution in [0.25, 0.3) is 0 Å². The molecule has 1 N–H and O–H groups in total. The maximum Gasteiger partial charge on any atom is 0.224 e. The Balaban J connectivity index is 1.83. The summed E-state index contributed by atoms with van der Waals surface area (Å²) in [7, 11) is -3.24. The fourth-order valence-electron chi connectivity index (χ4n) is 3.28. The van der Waals surface area contributed by atoms with Crippen LogP contribution in [0.2, 0.25) is 0 Å². The molecule has 1 aromatic rings. The molecule has 0 spiro atoms. The summed E-state index contributed by atoms with van der Waals surface area (Å²) in [5, 5.41) is 2.89. The molecule has 27 heavy (non-hydrogen) atoms. The Morgan fingerprint density at radius 2 is 2.00 bits per heavy atom. The molecule has 0 saturated carbocycles. The van der Waals surface area contributed by atoms with Gasteiger partial charge in [-0.1, -0.05) is 39.0 Å². The van der Waals surface area contributed by atoms with E-state index in [1.807, 2.05) is 18.2 Å². The van der Waals surface area contributed by atoms with Gasteiger partial charge in [0, 0.05) is 13.1 Å². The van der Waals surface area contributed by atoms with Crippen LogP contribution in [0.15, 0.2) is 24.3 Å². The number of carbonyl (C=O) groups is 1. The zero-order valence-corrected chi connectivity index (χ0v) is 17.6. The van der Waals surface area contributed by atoms with Crippen molar-refractivity contribution in [1.29, 1.82) is 0 Å². The van der Waals surface area contributed by atoms with Crippen LogP contribution >= 0.6 is 0 Å². The Labute approximate surface area is 163 Å². The number of sulfonamides is 1. The molecule has 152 valence electrons. The molecule has 0 aliphatic carbocycles. The summed E-state index contributed by atoms with van der Waals surface area (Å²) in [4.78, 5) is 12.4. The summed E-state index contributed by atoms with van der Waals surface area (Å²) >= 11 is 0. The van der Waals surface area contributed by atoms with Crippen LogP contribution in [0.4, 0.5) is 0 Å². The molecule has 1 saturated heterocycles. The Morgan fingerprint density at radius 3 is 2.67 bits per heavy atom. The molecule has 0 aromatic heterocycles. The summed E-state index contributed by atoms with van der Waals surface area (Å²) in [6.45, 7) is 9.59. The number of piperidine rings is 1. The zero-order valence-electron chi connectivity index (χ0n) is 16.8. The maximum absolute atomic E-state index is 12.4. The monoisotopic (exact) mass is 396 g/mol. The van der Waals surface area contributed by atoms with Crippen LogP contribution in [0.5, 0.6) is 5.75 Å². The Morgan fingerprint density at radius 1 is 1.30 bits per heavy atom. The third kappa shape index (κ3) is 5.94. The molecule has 1 amide bonds. The predicted molar refractivity (Wildman–Crippen MR) is 107 cm³/mol. The van der Waals surface area contributed by atoms with Gasteiger partial charge >= 0.3 is 0 Å². The summed E-state index contributed by atoms with van der Waals surface area (Å²) in [6, 6.07) is 7.93. The van der Waals surface area contributed by atoms with Gasteiger partial charge in [0.05, 0.1) is 18.2 Å². The molecule has 1 aromatic carbocycles. The van der Waals surface area contributed by atoms with E-state index >= 15 is 0 Å². The van der Waals surface area contributed by atoms with Crippen LogP contribution in [0.1, 0.15) is 46.1 Å². The van der Waals surface area contributed by atoms with Gasteiger partial charge in [0.25, 0.3) is 0 Å². The first-order valence-electron chi connectivity index (χ1n) is 9.63.